The molecule has 6 heteroatoms. The van der Waals surface area contributed by atoms with Gasteiger partial charge in [-0.1, -0.05) is 26.2 Å². The summed E-state index contributed by atoms with van der Waals surface area (Å²) < 4.78 is 4.87. The van der Waals surface area contributed by atoms with E-state index in [2.05, 4.69) is 27.9 Å². The number of hydrogen-bond acceptors (Lipinski definition) is 3. The zero-order chi connectivity index (χ0) is 15.1. The lowest BCUT2D eigenvalue weighted by Gasteiger charge is -2.11. The Kier molecular flexibility index (Phi) is 13.2. The summed E-state index contributed by atoms with van der Waals surface area (Å²) >= 11 is 0. The molecule has 0 saturated heterocycles. The molecule has 20 heavy (non-hydrogen) atoms. The highest BCUT2D eigenvalue weighted by molar-refractivity contribution is 5.84. The summed E-state index contributed by atoms with van der Waals surface area (Å²) in [6.45, 7) is 7.04. The van der Waals surface area contributed by atoms with Crippen LogP contribution < -0.4 is 16.0 Å². The number of carbonyl (C=O) groups excluding carboxylic acids is 1. The van der Waals surface area contributed by atoms with Gasteiger partial charge in [-0.25, -0.2) is 4.99 Å². The van der Waals surface area contributed by atoms with Gasteiger partial charge in [-0.3, -0.25) is 4.79 Å². The molecule has 0 spiro atoms. The average Bonchev–Trinajstić information content (AvgIpc) is 2.44. The van der Waals surface area contributed by atoms with Crippen LogP contribution >= 0.6 is 0 Å². The van der Waals surface area contributed by atoms with Gasteiger partial charge in [0, 0.05) is 26.7 Å². The number of unbranched alkanes of at least 4 members (excludes halogenated alkanes) is 3. The Balaban J connectivity index is 3.90. The van der Waals surface area contributed by atoms with Gasteiger partial charge < -0.3 is 20.7 Å². The highest BCUT2D eigenvalue weighted by atomic mass is 16.5. The van der Waals surface area contributed by atoms with E-state index in [1.807, 2.05) is 6.92 Å². The van der Waals surface area contributed by atoms with Crippen LogP contribution in [0, 0.1) is 0 Å². The van der Waals surface area contributed by atoms with Crippen molar-refractivity contribution in [3.8, 4) is 0 Å². The molecular weight excluding hydrogens is 256 g/mol. The standard InChI is InChI=1S/C14H30N4O2/c1-4-6-7-8-9-17-14(15-5-2)18-12-13(19)16-10-11-20-3/h4-12H2,1-3H3,(H,16,19)(H2,15,17,18). The van der Waals surface area contributed by atoms with Gasteiger partial charge in [0.25, 0.3) is 0 Å². The zero-order valence-corrected chi connectivity index (χ0v) is 13.1. The topological polar surface area (TPSA) is 74.8 Å². The number of methoxy groups -OCH3 is 1. The lowest BCUT2D eigenvalue weighted by atomic mass is 10.2. The molecule has 0 saturated carbocycles. The number of rotatable bonds is 11. The zero-order valence-electron chi connectivity index (χ0n) is 13.1. The molecule has 6 nitrogen and oxygen atoms in total. The van der Waals surface area contributed by atoms with Gasteiger partial charge in [-0.15, -0.1) is 0 Å². The number of ether oxygens (including phenoxy) is 1. The summed E-state index contributed by atoms with van der Waals surface area (Å²) in [5.41, 5.74) is 0. The van der Waals surface area contributed by atoms with Crippen molar-refractivity contribution in [1.82, 2.24) is 16.0 Å². The monoisotopic (exact) mass is 286 g/mol. The van der Waals surface area contributed by atoms with E-state index in [1.165, 1.54) is 19.3 Å². The minimum Gasteiger partial charge on any atom is -0.383 e. The molecule has 0 aliphatic rings. The highest BCUT2D eigenvalue weighted by Gasteiger charge is 2.01. The van der Waals surface area contributed by atoms with E-state index in [0.717, 1.165) is 19.5 Å². The maximum atomic E-state index is 11.5. The molecule has 0 aliphatic heterocycles. The molecule has 0 rings (SSSR count). The Bertz CT molecular complexity index is 270. The summed E-state index contributed by atoms with van der Waals surface area (Å²) in [7, 11) is 1.61. The Morgan fingerprint density at radius 3 is 2.50 bits per heavy atom. The van der Waals surface area contributed by atoms with E-state index in [-0.39, 0.29) is 12.5 Å². The van der Waals surface area contributed by atoms with Crippen molar-refractivity contribution >= 4 is 11.9 Å². The summed E-state index contributed by atoms with van der Waals surface area (Å²) in [5.74, 6) is 0.608. The summed E-state index contributed by atoms with van der Waals surface area (Å²) in [6.07, 6.45) is 4.84. The molecule has 0 aliphatic carbocycles. The molecule has 0 atom stereocenters. The van der Waals surface area contributed by atoms with Gasteiger partial charge in [0.05, 0.1) is 6.61 Å². The number of hydrogen-bond donors (Lipinski definition) is 3. The Morgan fingerprint density at radius 1 is 1.05 bits per heavy atom. The van der Waals surface area contributed by atoms with Crippen LogP contribution in [0.25, 0.3) is 0 Å². The van der Waals surface area contributed by atoms with Crippen LogP contribution in [-0.4, -0.2) is 51.8 Å². The summed E-state index contributed by atoms with van der Waals surface area (Å²) in [4.78, 5) is 15.8. The molecule has 0 heterocycles. The first-order chi connectivity index (χ1) is 9.74. The van der Waals surface area contributed by atoms with Crippen LogP contribution in [0.3, 0.4) is 0 Å². The van der Waals surface area contributed by atoms with Gasteiger partial charge in [0.2, 0.25) is 5.91 Å². The van der Waals surface area contributed by atoms with Crippen LogP contribution in [0.5, 0.6) is 0 Å². The molecule has 1 amide bonds. The number of nitrogens with zero attached hydrogens (tertiary/aromatic N) is 1. The number of guanidine groups is 1. The fourth-order valence-corrected chi connectivity index (χ4v) is 1.60. The number of nitrogens with one attached hydrogen (secondary N) is 3. The van der Waals surface area contributed by atoms with Crippen LogP contribution in [0.4, 0.5) is 0 Å². The van der Waals surface area contributed by atoms with Crippen LogP contribution in [-0.2, 0) is 9.53 Å². The minimum atomic E-state index is -0.0924. The normalized spacial score (nSPS) is 11.2. The molecule has 118 valence electrons. The SMILES string of the molecule is CCCCCCNC(=NCC(=O)NCCOC)NCC. The molecule has 0 aromatic heterocycles. The van der Waals surface area contributed by atoms with E-state index in [1.54, 1.807) is 7.11 Å². The lowest BCUT2D eigenvalue weighted by molar-refractivity contribution is -0.119. The van der Waals surface area contributed by atoms with Crippen molar-refractivity contribution in [1.29, 1.82) is 0 Å². The Morgan fingerprint density at radius 2 is 1.85 bits per heavy atom. The molecule has 0 unspecified atom stereocenters. The fraction of sp³-hybridized carbons (Fsp3) is 0.857. The summed E-state index contributed by atoms with van der Waals surface area (Å²) in [6, 6.07) is 0. The maximum absolute atomic E-state index is 11.5. The number of carbonyl (C=O) groups is 1. The van der Waals surface area contributed by atoms with Crippen LogP contribution in [0.2, 0.25) is 0 Å². The second kappa shape index (κ2) is 14.1. The van der Waals surface area contributed by atoms with Crippen molar-refractivity contribution in [2.75, 3.05) is 39.9 Å². The molecule has 3 N–H and O–H groups in total. The smallest absolute Gasteiger partial charge is 0.241 e. The highest BCUT2D eigenvalue weighted by Crippen LogP contribution is 1.96. The third-order valence-electron chi connectivity index (χ3n) is 2.68. The minimum absolute atomic E-state index is 0.0924. The maximum Gasteiger partial charge on any atom is 0.241 e. The third-order valence-corrected chi connectivity index (χ3v) is 2.68. The molecule has 0 aromatic carbocycles. The first-order valence-electron chi connectivity index (χ1n) is 7.52. The first-order valence-corrected chi connectivity index (χ1v) is 7.52. The molecular formula is C14H30N4O2. The fourth-order valence-electron chi connectivity index (χ4n) is 1.60. The van der Waals surface area contributed by atoms with Gasteiger partial charge in [-0.05, 0) is 13.3 Å². The van der Waals surface area contributed by atoms with Crippen LogP contribution in [0.15, 0.2) is 4.99 Å². The van der Waals surface area contributed by atoms with E-state index in [0.29, 0.717) is 19.1 Å². The second-order valence-electron chi connectivity index (χ2n) is 4.53. The molecule has 0 radical (unpaired) electrons. The van der Waals surface area contributed by atoms with E-state index in [9.17, 15) is 4.79 Å². The lowest BCUT2D eigenvalue weighted by Crippen LogP contribution is -2.39. The van der Waals surface area contributed by atoms with Gasteiger partial charge >= 0.3 is 0 Å². The van der Waals surface area contributed by atoms with Gasteiger partial charge in [0.15, 0.2) is 5.96 Å². The van der Waals surface area contributed by atoms with Gasteiger partial charge in [0.1, 0.15) is 6.54 Å². The van der Waals surface area contributed by atoms with Crippen LogP contribution in [0.1, 0.15) is 39.5 Å². The number of amides is 1. The third kappa shape index (κ3) is 11.8. The summed E-state index contributed by atoms with van der Waals surface area (Å²) in [5, 5.41) is 9.11. The van der Waals surface area contributed by atoms with Crippen molar-refractivity contribution in [3.05, 3.63) is 0 Å². The van der Waals surface area contributed by atoms with E-state index < -0.39 is 0 Å². The molecule has 0 bridgehead atoms. The van der Waals surface area contributed by atoms with Gasteiger partial charge in [-0.2, -0.15) is 0 Å². The van der Waals surface area contributed by atoms with E-state index >= 15 is 0 Å². The molecule has 0 fully saturated rings. The van der Waals surface area contributed by atoms with Crippen molar-refractivity contribution in [2.45, 2.75) is 39.5 Å². The van der Waals surface area contributed by atoms with Crippen molar-refractivity contribution < 1.29 is 9.53 Å². The van der Waals surface area contributed by atoms with Crippen molar-refractivity contribution in [3.63, 3.8) is 0 Å². The second-order valence-corrected chi connectivity index (χ2v) is 4.53. The Hall–Kier alpha value is -1.30. The molecule has 0 aromatic rings. The largest absolute Gasteiger partial charge is 0.383 e. The predicted octanol–water partition coefficient (Wildman–Crippen LogP) is 0.884. The first kappa shape index (κ1) is 18.7. The average molecular weight is 286 g/mol. The number of aliphatic imine (C=N–C) groups is 1. The quantitative estimate of drug-likeness (QED) is 0.299. The van der Waals surface area contributed by atoms with Crippen molar-refractivity contribution in [2.24, 2.45) is 4.99 Å². The predicted molar refractivity (Wildman–Crippen MR) is 83.0 cm³/mol. The Labute approximate surface area is 122 Å². The van der Waals surface area contributed by atoms with E-state index in [4.69, 9.17) is 4.74 Å².